The zero-order valence-corrected chi connectivity index (χ0v) is 13.3. The maximum atomic E-state index is 6.24. The fraction of sp³-hybridized carbons (Fsp3) is 0.733. The lowest BCUT2D eigenvalue weighted by atomic mass is 9.80. The molecule has 1 atom stereocenters. The van der Waals surface area contributed by atoms with Gasteiger partial charge >= 0.3 is 0 Å². The van der Waals surface area contributed by atoms with E-state index < -0.39 is 0 Å². The summed E-state index contributed by atoms with van der Waals surface area (Å²) in [6.07, 6.45) is 3.99. The van der Waals surface area contributed by atoms with Crippen LogP contribution in [0.5, 0.6) is 0 Å². The Bertz CT molecular complexity index is 461. The lowest BCUT2D eigenvalue weighted by Gasteiger charge is -2.32. The van der Waals surface area contributed by atoms with Crippen molar-refractivity contribution in [3.8, 4) is 0 Å². The lowest BCUT2D eigenvalue weighted by Crippen LogP contribution is -2.32. The van der Waals surface area contributed by atoms with E-state index in [0.717, 1.165) is 23.1 Å². The number of nitrogens with zero attached hydrogens (tertiary/aromatic N) is 2. The predicted octanol–water partition coefficient (Wildman–Crippen LogP) is 4.34. The fourth-order valence-corrected chi connectivity index (χ4v) is 2.41. The molecule has 1 N–H and O–H groups in total. The molecule has 0 saturated heterocycles. The van der Waals surface area contributed by atoms with Gasteiger partial charge in [0.25, 0.3) is 0 Å². The van der Waals surface area contributed by atoms with Crippen LogP contribution in [-0.4, -0.2) is 16.0 Å². The molecular formula is C15H24ClN3. The minimum absolute atomic E-state index is 0.0898. The SMILES string of the molecule is Cc1c(Cl)nc(C(C)(C)C)nc1NC(C)C1CCC1. The molecule has 1 aromatic heterocycles. The fourth-order valence-electron chi connectivity index (χ4n) is 2.24. The second kappa shape index (κ2) is 5.28. The van der Waals surface area contributed by atoms with E-state index in [9.17, 15) is 0 Å². The van der Waals surface area contributed by atoms with Crippen molar-refractivity contribution in [3.63, 3.8) is 0 Å². The van der Waals surface area contributed by atoms with E-state index in [2.05, 4.69) is 43.0 Å². The summed E-state index contributed by atoms with van der Waals surface area (Å²) in [7, 11) is 0. The number of hydrogen-bond donors (Lipinski definition) is 1. The first-order valence-electron chi connectivity index (χ1n) is 7.10. The van der Waals surface area contributed by atoms with Gasteiger partial charge in [0.05, 0.1) is 0 Å². The second-order valence-corrected chi connectivity index (χ2v) is 7.04. The van der Waals surface area contributed by atoms with Crippen molar-refractivity contribution in [2.45, 2.75) is 65.3 Å². The van der Waals surface area contributed by atoms with E-state index >= 15 is 0 Å². The van der Waals surface area contributed by atoms with Crippen LogP contribution in [0.15, 0.2) is 0 Å². The van der Waals surface area contributed by atoms with Gasteiger partial charge in [-0.3, -0.25) is 0 Å². The predicted molar refractivity (Wildman–Crippen MR) is 80.9 cm³/mol. The normalized spacial score (nSPS) is 18.0. The number of nitrogens with one attached hydrogen (secondary N) is 1. The molecule has 0 spiro atoms. The molecule has 1 fully saturated rings. The first kappa shape index (κ1) is 14.6. The molecule has 1 aliphatic rings. The largest absolute Gasteiger partial charge is 0.367 e. The van der Waals surface area contributed by atoms with Gasteiger partial charge in [-0.25, -0.2) is 9.97 Å². The van der Waals surface area contributed by atoms with E-state index in [1.165, 1.54) is 19.3 Å². The van der Waals surface area contributed by atoms with Gasteiger partial charge in [0, 0.05) is 17.0 Å². The van der Waals surface area contributed by atoms with E-state index in [1.807, 2.05) is 6.92 Å². The molecule has 106 valence electrons. The zero-order chi connectivity index (χ0) is 14.2. The van der Waals surface area contributed by atoms with Crippen LogP contribution >= 0.6 is 11.6 Å². The molecule has 0 radical (unpaired) electrons. The van der Waals surface area contributed by atoms with Crippen LogP contribution in [0, 0.1) is 12.8 Å². The smallest absolute Gasteiger partial charge is 0.137 e. The summed E-state index contributed by atoms with van der Waals surface area (Å²) >= 11 is 6.24. The highest BCUT2D eigenvalue weighted by atomic mass is 35.5. The van der Waals surface area contributed by atoms with Gasteiger partial charge < -0.3 is 5.32 Å². The van der Waals surface area contributed by atoms with E-state index in [1.54, 1.807) is 0 Å². The van der Waals surface area contributed by atoms with E-state index in [4.69, 9.17) is 11.6 Å². The molecule has 1 aliphatic carbocycles. The third-order valence-corrected chi connectivity index (χ3v) is 4.35. The summed E-state index contributed by atoms with van der Waals surface area (Å²) in [5.74, 6) is 2.46. The monoisotopic (exact) mass is 281 g/mol. The summed E-state index contributed by atoms with van der Waals surface area (Å²) in [6.45, 7) is 10.5. The minimum atomic E-state index is -0.0898. The molecule has 3 nitrogen and oxygen atoms in total. The average molecular weight is 282 g/mol. The number of rotatable bonds is 3. The van der Waals surface area contributed by atoms with Gasteiger partial charge in [-0.15, -0.1) is 0 Å². The number of aromatic nitrogens is 2. The molecule has 2 rings (SSSR count). The van der Waals surface area contributed by atoms with Crippen molar-refractivity contribution in [3.05, 3.63) is 16.5 Å². The first-order valence-corrected chi connectivity index (χ1v) is 7.48. The van der Waals surface area contributed by atoms with Crippen LogP contribution in [0.3, 0.4) is 0 Å². The molecular weight excluding hydrogens is 258 g/mol. The molecule has 0 bridgehead atoms. The van der Waals surface area contributed by atoms with Crippen molar-refractivity contribution in [2.75, 3.05) is 5.32 Å². The molecule has 0 aromatic carbocycles. The van der Waals surface area contributed by atoms with Gasteiger partial charge in [-0.2, -0.15) is 0 Å². The van der Waals surface area contributed by atoms with Gasteiger partial charge in [-0.1, -0.05) is 38.8 Å². The third kappa shape index (κ3) is 3.19. The Morgan fingerprint density at radius 3 is 2.37 bits per heavy atom. The van der Waals surface area contributed by atoms with Crippen LogP contribution in [0.4, 0.5) is 5.82 Å². The van der Waals surface area contributed by atoms with Crippen molar-refractivity contribution < 1.29 is 0 Å². The zero-order valence-electron chi connectivity index (χ0n) is 12.5. The highest BCUT2D eigenvalue weighted by Gasteiger charge is 2.26. The maximum Gasteiger partial charge on any atom is 0.137 e. The summed E-state index contributed by atoms with van der Waals surface area (Å²) in [4.78, 5) is 9.08. The van der Waals surface area contributed by atoms with Crippen LogP contribution in [0.2, 0.25) is 5.15 Å². The summed E-state index contributed by atoms with van der Waals surface area (Å²) in [6, 6.07) is 0.450. The van der Waals surface area contributed by atoms with Crippen LogP contribution < -0.4 is 5.32 Å². The van der Waals surface area contributed by atoms with Crippen molar-refractivity contribution in [2.24, 2.45) is 5.92 Å². The quantitative estimate of drug-likeness (QED) is 0.838. The molecule has 1 unspecified atom stereocenters. The van der Waals surface area contributed by atoms with Crippen LogP contribution in [0.1, 0.15) is 58.3 Å². The van der Waals surface area contributed by atoms with Crippen molar-refractivity contribution >= 4 is 17.4 Å². The van der Waals surface area contributed by atoms with Gasteiger partial charge in [-0.05, 0) is 32.6 Å². The Morgan fingerprint density at radius 2 is 1.89 bits per heavy atom. The Labute approximate surface area is 121 Å². The molecule has 1 aromatic rings. The highest BCUT2D eigenvalue weighted by molar-refractivity contribution is 6.30. The molecule has 4 heteroatoms. The number of anilines is 1. The summed E-state index contributed by atoms with van der Waals surface area (Å²) in [5, 5.41) is 4.09. The Balaban J connectivity index is 2.25. The van der Waals surface area contributed by atoms with Gasteiger partial charge in [0.2, 0.25) is 0 Å². The van der Waals surface area contributed by atoms with Crippen LogP contribution in [-0.2, 0) is 5.41 Å². The second-order valence-electron chi connectivity index (χ2n) is 6.69. The van der Waals surface area contributed by atoms with Crippen molar-refractivity contribution in [1.29, 1.82) is 0 Å². The topological polar surface area (TPSA) is 37.8 Å². The van der Waals surface area contributed by atoms with E-state index in [-0.39, 0.29) is 5.41 Å². The lowest BCUT2D eigenvalue weighted by molar-refractivity contribution is 0.284. The van der Waals surface area contributed by atoms with Gasteiger partial charge in [0.1, 0.15) is 16.8 Å². The first-order chi connectivity index (χ1) is 8.79. The standard InChI is InChI=1S/C15H24ClN3/c1-9-12(16)18-14(15(3,4)5)19-13(9)17-10(2)11-7-6-8-11/h10-11H,6-8H2,1-5H3,(H,17,18,19). The molecule has 1 heterocycles. The van der Waals surface area contributed by atoms with Gasteiger partial charge in [0.15, 0.2) is 0 Å². The molecule has 0 amide bonds. The number of halogens is 1. The highest BCUT2D eigenvalue weighted by Crippen LogP contribution is 2.32. The molecule has 1 saturated carbocycles. The Morgan fingerprint density at radius 1 is 1.26 bits per heavy atom. The van der Waals surface area contributed by atoms with Crippen LogP contribution in [0.25, 0.3) is 0 Å². The van der Waals surface area contributed by atoms with E-state index in [0.29, 0.717) is 11.2 Å². The number of hydrogen-bond acceptors (Lipinski definition) is 3. The molecule has 0 aliphatic heterocycles. The minimum Gasteiger partial charge on any atom is -0.367 e. The average Bonchev–Trinajstić information content (AvgIpc) is 2.20. The molecule has 19 heavy (non-hydrogen) atoms. The third-order valence-electron chi connectivity index (χ3n) is 3.98. The summed E-state index contributed by atoms with van der Waals surface area (Å²) < 4.78 is 0. The maximum absolute atomic E-state index is 6.24. The van der Waals surface area contributed by atoms with Crippen molar-refractivity contribution in [1.82, 2.24) is 9.97 Å². The Kier molecular flexibility index (Phi) is 4.05. The Hall–Kier alpha value is -0.830. The summed E-state index contributed by atoms with van der Waals surface area (Å²) in [5.41, 5.74) is 0.855.